The molecule has 2 fully saturated rings. The number of piperidine rings is 2. The Labute approximate surface area is 170 Å². The van der Waals surface area contributed by atoms with Crippen molar-refractivity contribution >= 4 is 17.6 Å². The van der Waals surface area contributed by atoms with E-state index in [9.17, 15) is 18.4 Å². The van der Waals surface area contributed by atoms with Gasteiger partial charge in [0.15, 0.2) is 0 Å². The van der Waals surface area contributed by atoms with Crippen LogP contribution in [0.1, 0.15) is 31.2 Å². The second-order valence-corrected chi connectivity index (χ2v) is 8.06. The zero-order valence-corrected chi connectivity index (χ0v) is 16.9. The van der Waals surface area contributed by atoms with Gasteiger partial charge in [-0.15, -0.1) is 0 Å². The van der Waals surface area contributed by atoms with Gasteiger partial charge in [0.25, 0.3) is 6.43 Å². The molecule has 0 aliphatic carbocycles. The van der Waals surface area contributed by atoms with Gasteiger partial charge >= 0.3 is 6.03 Å². The SMILES string of the molecule is Cc1cccc(NC(=O)N2CCCC(C(=O)NC3CCN(CC(F)F)CC3)C2)c1. The van der Waals surface area contributed by atoms with Crippen molar-refractivity contribution in [2.75, 3.05) is 38.0 Å². The number of halogens is 2. The zero-order chi connectivity index (χ0) is 20.8. The number of hydrogen-bond acceptors (Lipinski definition) is 3. The third-order valence-electron chi connectivity index (χ3n) is 5.68. The molecule has 0 bridgehead atoms. The van der Waals surface area contributed by atoms with E-state index in [1.807, 2.05) is 31.2 Å². The lowest BCUT2D eigenvalue weighted by Gasteiger charge is -2.35. The maximum Gasteiger partial charge on any atom is 0.321 e. The summed E-state index contributed by atoms with van der Waals surface area (Å²) >= 11 is 0. The molecule has 160 valence electrons. The first kappa shape index (κ1) is 21.5. The molecule has 8 heteroatoms. The van der Waals surface area contributed by atoms with Crippen LogP contribution in [0.4, 0.5) is 19.3 Å². The normalized spacial score (nSPS) is 21.2. The van der Waals surface area contributed by atoms with Crippen LogP contribution < -0.4 is 10.6 Å². The molecule has 0 saturated carbocycles. The molecule has 1 aromatic carbocycles. The Bertz CT molecular complexity index is 708. The quantitative estimate of drug-likeness (QED) is 0.787. The lowest BCUT2D eigenvalue weighted by Crippen LogP contribution is -2.51. The number of benzene rings is 1. The van der Waals surface area contributed by atoms with Crippen LogP contribution in [0.15, 0.2) is 24.3 Å². The van der Waals surface area contributed by atoms with Crippen molar-refractivity contribution in [3.63, 3.8) is 0 Å². The fourth-order valence-electron chi connectivity index (χ4n) is 4.08. The first-order chi connectivity index (χ1) is 13.9. The predicted octanol–water partition coefficient (Wildman–Crippen LogP) is 3.08. The maximum atomic E-state index is 12.7. The van der Waals surface area contributed by atoms with Gasteiger partial charge in [-0.1, -0.05) is 12.1 Å². The van der Waals surface area contributed by atoms with Gasteiger partial charge in [-0.3, -0.25) is 9.69 Å². The van der Waals surface area contributed by atoms with E-state index in [4.69, 9.17) is 0 Å². The average Bonchev–Trinajstić information content (AvgIpc) is 2.69. The molecular weight excluding hydrogens is 378 g/mol. The number of urea groups is 1. The summed E-state index contributed by atoms with van der Waals surface area (Å²) in [6.45, 7) is 3.94. The maximum absolute atomic E-state index is 12.7. The Morgan fingerprint density at radius 3 is 2.62 bits per heavy atom. The molecule has 3 rings (SSSR count). The highest BCUT2D eigenvalue weighted by Gasteiger charge is 2.30. The third-order valence-corrected chi connectivity index (χ3v) is 5.68. The van der Waals surface area contributed by atoms with Gasteiger partial charge < -0.3 is 15.5 Å². The van der Waals surface area contributed by atoms with Crippen molar-refractivity contribution in [2.45, 2.75) is 45.1 Å². The Kier molecular flexibility index (Phi) is 7.41. The van der Waals surface area contributed by atoms with Crippen LogP contribution in [0.3, 0.4) is 0 Å². The monoisotopic (exact) mass is 408 g/mol. The summed E-state index contributed by atoms with van der Waals surface area (Å²) in [4.78, 5) is 28.7. The number of rotatable bonds is 5. The fourth-order valence-corrected chi connectivity index (χ4v) is 4.08. The number of nitrogens with one attached hydrogen (secondary N) is 2. The van der Waals surface area contributed by atoms with Crippen LogP contribution in [0.25, 0.3) is 0 Å². The summed E-state index contributed by atoms with van der Waals surface area (Å²) < 4.78 is 25.0. The molecule has 2 N–H and O–H groups in total. The van der Waals surface area contributed by atoms with Crippen molar-refractivity contribution in [1.29, 1.82) is 0 Å². The summed E-state index contributed by atoms with van der Waals surface area (Å²) in [7, 11) is 0. The fraction of sp³-hybridized carbons (Fsp3) is 0.619. The lowest BCUT2D eigenvalue weighted by atomic mass is 9.96. The highest BCUT2D eigenvalue weighted by molar-refractivity contribution is 5.90. The number of amides is 3. The minimum atomic E-state index is -2.32. The first-order valence-corrected chi connectivity index (χ1v) is 10.3. The van der Waals surface area contributed by atoms with E-state index in [1.165, 1.54) is 0 Å². The second kappa shape index (κ2) is 10.0. The summed E-state index contributed by atoms with van der Waals surface area (Å²) in [5, 5.41) is 5.97. The molecule has 3 amide bonds. The van der Waals surface area contributed by atoms with Gasteiger partial charge in [-0.25, -0.2) is 13.6 Å². The smallest absolute Gasteiger partial charge is 0.321 e. The number of likely N-dealkylation sites (tertiary alicyclic amines) is 2. The molecule has 0 aromatic heterocycles. The number of carbonyl (C=O) groups is 2. The van der Waals surface area contributed by atoms with Gasteiger partial charge in [0.05, 0.1) is 12.5 Å². The Hall–Kier alpha value is -2.22. The average molecular weight is 408 g/mol. The molecule has 2 aliphatic heterocycles. The van der Waals surface area contributed by atoms with Gasteiger partial charge in [0.2, 0.25) is 5.91 Å². The Balaban J connectivity index is 1.46. The molecule has 2 aliphatic rings. The topological polar surface area (TPSA) is 64.7 Å². The van der Waals surface area contributed by atoms with Crippen molar-refractivity contribution < 1.29 is 18.4 Å². The molecule has 0 spiro atoms. The van der Waals surface area contributed by atoms with Crippen LogP contribution in [0.2, 0.25) is 0 Å². The predicted molar refractivity (Wildman–Crippen MR) is 108 cm³/mol. The second-order valence-electron chi connectivity index (χ2n) is 8.06. The van der Waals surface area contributed by atoms with Crippen LogP contribution >= 0.6 is 0 Å². The number of hydrogen-bond donors (Lipinski definition) is 2. The van der Waals surface area contributed by atoms with Gasteiger partial charge in [-0.05, 0) is 50.3 Å². The van der Waals surface area contributed by atoms with E-state index in [0.29, 0.717) is 39.0 Å². The van der Waals surface area contributed by atoms with Gasteiger partial charge in [0.1, 0.15) is 0 Å². The highest BCUT2D eigenvalue weighted by atomic mass is 19.3. The van der Waals surface area contributed by atoms with Gasteiger partial charge in [0, 0.05) is 37.9 Å². The highest BCUT2D eigenvalue weighted by Crippen LogP contribution is 2.20. The van der Waals surface area contributed by atoms with Gasteiger partial charge in [-0.2, -0.15) is 0 Å². The molecule has 1 unspecified atom stereocenters. The molecule has 1 aromatic rings. The summed E-state index contributed by atoms with van der Waals surface area (Å²) in [5.74, 6) is -0.267. The number of aryl methyl sites for hydroxylation is 1. The third kappa shape index (κ3) is 6.39. The van der Waals surface area contributed by atoms with Crippen molar-refractivity contribution in [1.82, 2.24) is 15.1 Å². The van der Waals surface area contributed by atoms with Crippen LogP contribution in [0, 0.1) is 12.8 Å². The molecule has 6 nitrogen and oxygen atoms in total. The zero-order valence-electron chi connectivity index (χ0n) is 16.9. The summed E-state index contributed by atoms with van der Waals surface area (Å²) in [5.41, 5.74) is 1.82. The van der Waals surface area contributed by atoms with Crippen LogP contribution in [-0.2, 0) is 4.79 Å². The molecule has 0 radical (unpaired) electrons. The Morgan fingerprint density at radius 2 is 1.93 bits per heavy atom. The number of anilines is 1. The lowest BCUT2D eigenvalue weighted by molar-refractivity contribution is -0.127. The van der Waals surface area contributed by atoms with Crippen molar-refractivity contribution in [2.24, 2.45) is 5.92 Å². The molecule has 1 atom stereocenters. The molecule has 2 saturated heterocycles. The van der Waals surface area contributed by atoms with Crippen molar-refractivity contribution in [3.05, 3.63) is 29.8 Å². The van der Waals surface area contributed by atoms with E-state index in [0.717, 1.165) is 24.1 Å². The van der Waals surface area contributed by atoms with Crippen molar-refractivity contribution in [3.8, 4) is 0 Å². The first-order valence-electron chi connectivity index (χ1n) is 10.3. The largest absolute Gasteiger partial charge is 0.353 e. The summed E-state index contributed by atoms with van der Waals surface area (Å²) in [6.07, 6.45) is 0.586. The number of nitrogens with zero attached hydrogens (tertiary/aromatic N) is 2. The molecule has 29 heavy (non-hydrogen) atoms. The minimum absolute atomic E-state index is 0.0212. The van der Waals surface area contributed by atoms with E-state index < -0.39 is 6.43 Å². The minimum Gasteiger partial charge on any atom is -0.353 e. The van der Waals surface area contributed by atoms with E-state index in [-0.39, 0.29) is 30.4 Å². The van der Waals surface area contributed by atoms with E-state index in [1.54, 1.807) is 9.80 Å². The Morgan fingerprint density at radius 1 is 1.17 bits per heavy atom. The number of carbonyl (C=O) groups excluding carboxylic acids is 2. The van der Waals surface area contributed by atoms with Crippen LogP contribution in [-0.4, -0.2) is 66.9 Å². The molecule has 2 heterocycles. The molecular formula is C21H30F2N4O2. The standard InChI is InChI=1S/C21H30F2N4O2/c1-15-4-2-6-18(12-15)25-21(29)27-9-3-5-16(13-27)20(28)24-17-7-10-26(11-8-17)14-19(22)23/h2,4,6,12,16-17,19H,3,5,7-11,13-14H2,1H3,(H,24,28)(H,25,29). The summed E-state index contributed by atoms with van der Waals surface area (Å²) in [6, 6.07) is 7.45. The van der Waals surface area contributed by atoms with E-state index >= 15 is 0 Å². The number of alkyl halides is 2. The van der Waals surface area contributed by atoms with Crippen LogP contribution in [0.5, 0.6) is 0 Å². The van der Waals surface area contributed by atoms with E-state index in [2.05, 4.69) is 10.6 Å².